The smallest absolute Gasteiger partial charge is 0.462 e. The van der Waals surface area contributed by atoms with Gasteiger partial charge in [-0.15, -0.1) is 0 Å². The maximum atomic E-state index is 13.1. The Morgan fingerprint density at radius 2 is 0.578 bits per heavy atom. The summed E-state index contributed by atoms with van der Waals surface area (Å²) in [6.45, 7) is 9.64. The highest BCUT2D eigenvalue weighted by Gasteiger charge is 2.30. The number of carbonyl (C=O) groups is 4. The molecule has 0 heterocycles. The lowest BCUT2D eigenvalue weighted by Crippen LogP contribution is -2.30. The van der Waals surface area contributed by atoms with E-state index >= 15 is 0 Å². The second-order valence-electron chi connectivity index (χ2n) is 29.9. The van der Waals surface area contributed by atoms with E-state index in [1.165, 1.54) is 212 Å². The van der Waals surface area contributed by atoms with Crippen LogP contribution < -0.4 is 0 Å². The summed E-state index contributed by atoms with van der Waals surface area (Å²) >= 11 is 0. The lowest BCUT2D eigenvalue weighted by atomic mass is 9.99. The molecule has 0 fully saturated rings. The molecule has 0 aromatic heterocycles. The first-order chi connectivity index (χ1) is 49.4. The van der Waals surface area contributed by atoms with Crippen LogP contribution in [0.15, 0.2) is 24.3 Å². The first-order valence-corrected chi connectivity index (χ1v) is 45.3. The van der Waals surface area contributed by atoms with Gasteiger partial charge in [-0.2, -0.15) is 0 Å². The third-order valence-electron chi connectivity index (χ3n) is 19.2. The Morgan fingerprint density at radius 1 is 0.324 bits per heavy atom. The molecule has 3 N–H and O–H groups in total. The van der Waals surface area contributed by atoms with Crippen molar-refractivity contribution in [1.82, 2.24) is 0 Å². The molecule has 19 heteroatoms. The molecule has 0 amide bonds. The minimum absolute atomic E-state index is 0.0850. The highest BCUT2D eigenvalue weighted by Crippen LogP contribution is 2.45. The molecule has 6 atom stereocenters. The minimum atomic E-state index is -4.97. The van der Waals surface area contributed by atoms with Gasteiger partial charge < -0.3 is 33.8 Å². The number of phosphoric acid groups is 2. The van der Waals surface area contributed by atoms with Crippen LogP contribution in [-0.4, -0.2) is 96.7 Å². The quantitative estimate of drug-likeness (QED) is 0.0169. The first kappa shape index (κ1) is 99.5. The van der Waals surface area contributed by atoms with E-state index in [2.05, 4.69) is 65.8 Å². The van der Waals surface area contributed by atoms with Crippen molar-refractivity contribution in [3.8, 4) is 0 Å². The van der Waals surface area contributed by atoms with Crippen LogP contribution in [0.3, 0.4) is 0 Å². The molecule has 0 aromatic carbocycles. The number of aliphatic hydroxyl groups excluding tert-OH is 1. The predicted molar refractivity (Wildman–Crippen MR) is 418 cm³/mol. The second kappa shape index (κ2) is 74.0. The van der Waals surface area contributed by atoms with Gasteiger partial charge >= 0.3 is 39.5 Å². The van der Waals surface area contributed by atoms with Crippen LogP contribution in [0, 0.1) is 11.8 Å². The molecule has 0 aliphatic heterocycles. The van der Waals surface area contributed by atoms with E-state index in [1.54, 1.807) is 0 Å². The van der Waals surface area contributed by atoms with Gasteiger partial charge in [0, 0.05) is 25.7 Å². The Bertz CT molecular complexity index is 2060. The molecule has 0 saturated heterocycles. The lowest BCUT2D eigenvalue weighted by molar-refractivity contribution is -0.161. The molecule has 602 valence electrons. The molecule has 0 rings (SSSR count). The molecular weight excluding hydrogens is 1330 g/mol. The molecule has 0 radical (unpaired) electrons. The van der Waals surface area contributed by atoms with E-state index < -0.39 is 97.5 Å². The van der Waals surface area contributed by atoms with Crippen LogP contribution in [0.1, 0.15) is 414 Å². The summed E-state index contributed by atoms with van der Waals surface area (Å²) in [6, 6.07) is 0. The van der Waals surface area contributed by atoms with E-state index in [9.17, 15) is 43.2 Å². The molecule has 0 saturated carbocycles. The fourth-order valence-electron chi connectivity index (χ4n) is 12.3. The third-order valence-corrected chi connectivity index (χ3v) is 21.1. The Morgan fingerprint density at radius 3 is 0.882 bits per heavy atom. The molecule has 102 heavy (non-hydrogen) atoms. The Labute approximate surface area is 624 Å². The van der Waals surface area contributed by atoms with Crippen LogP contribution in [0.5, 0.6) is 0 Å². The van der Waals surface area contributed by atoms with E-state index in [-0.39, 0.29) is 25.7 Å². The topological polar surface area (TPSA) is 237 Å². The van der Waals surface area contributed by atoms with Gasteiger partial charge in [-0.25, -0.2) is 9.13 Å². The van der Waals surface area contributed by atoms with Crippen molar-refractivity contribution in [3.63, 3.8) is 0 Å². The van der Waals surface area contributed by atoms with Gasteiger partial charge in [-0.05, 0) is 63.2 Å². The van der Waals surface area contributed by atoms with Crippen LogP contribution in [0.2, 0.25) is 0 Å². The van der Waals surface area contributed by atoms with Gasteiger partial charge in [-0.1, -0.05) is 361 Å². The van der Waals surface area contributed by atoms with Crippen LogP contribution in [-0.2, 0) is 65.4 Å². The van der Waals surface area contributed by atoms with Gasteiger partial charge in [0.15, 0.2) is 12.2 Å². The average Bonchev–Trinajstić information content (AvgIpc) is 0.911. The molecule has 17 nitrogen and oxygen atoms in total. The summed E-state index contributed by atoms with van der Waals surface area (Å²) < 4.78 is 68.6. The van der Waals surface area contributed by atoms with Crippen LogP contribution in [0.25, 0.3) is 0 Å². The summed E-state index contributed by atoms with van der Waals surface area (Å²) in [5.74, 6) is -0.472. The molecule has 0 aliphatic rings. The Hall–Kier alpha value is -2.46. The maximum absolute atomic E-state index is 13.1. The van der Waals surface area contributed by atoms with Crippen molar-refractivity contribution < 1.29 is 80.2 Å². The molecule has 0 aliphatic carbocycles. The zero-order valence-corrected chi connectivity index (χ0v) is 68.2. The summed E-state index contributed by atoms with van der Waals surface area (Å²) in [7, 11) is -9.93. The van der Waals surface area contributed by atoms with E-state index in [0.717, 1.165) is 121 Å². The minimum Gasteiger partial charge on any atom is -0.462 e. The van der Waals surface area contributed by atoms with Gasteiger partial charge in [-0.3, -0.25) is 37.3 Å². The highest BCUT2D eigenvalue weighted by molar-refractivity contribution is 7.47. The zero-order valence-electron chi connectivity index (χ0n) is 66.4. The van der Waals surface area contributed by atoms with Crippen molar-refractivity contribution in [1.29, 1.82) is 0 Å². The maximum Gasteiger partial charge on any atom is 0.472 e. The summed E-state index contributed by atoms with van der Waals surface area (Å²) in [4.78, 5) is 73.0. The number of unbranched alkanes of at least 4 members (excludes halogenated alkanes) is 46. The monoisotopic (exact) mass is 1490 g/mol. The highest BCUT2D eigenvalue weighted by atomic mass is 31.2. The van der Waals surface area contributed by atoms with Crippen molar-refractivity contribution in [2.24, 2.45) is 11.8 Å². The van der Waals surface area contributed by atoms with Gasteiger partial charge in [0.25, 0.3) is 0 Å². The van der Waals surface area contributed by atoms with Gasteiger partial charge in [0.1, 0.15) is 19.3 Å². The summed E-state index contributed by atoms with van der Waals surface area (Å²) in [5.41, 5.74) is 0. The van der Waals surface area contributed by atoms with Gasteiger partial charge in [0.05, 0.1) is 26.4 Å². The first-order valence-electron chi connectivity index (χ1n) is 42.3. The molecule has 0 bridgehead atoms. The number of hydrogen-bond donors (Lipinski definition) is 3. The summed E-state index contributed by atoms with van der Waals surface area (Å²) in [5, 5.41) is 10.6. The molecular formula is C83H158O17P2. The normalized spacial score (nSPS) is 14.3. The molecule has 0 spiro atoms. The molecule has 3 unspecified atom stereocenters. The largest absolute Gasteiger partial charge is 0.472 e. The number of allylic oxidation sites excluding steroid dienone is 4. The fraction of sp³-hybridized carbons (Fsp3) is 0.904. The van der Waals surface area contributed by atoms with Crippen molar-refractivity contribution in [2.75, 3.05) is 39.6 Å². The number of carbonyl (C=O) groups excluding carboxylic acids is 4. The van der Waals surface area contributed by atoms with Crippen molar-refractivity contribution >= 4 is 39.5 Å². The number of esters is 4. The standard InChI is InChI=1S/C83H158O17P2/c1-7-10-12-14-16-18-19-20-25-33-38-43-49-55-61-67-82(87)99-78(71-93-80(85)65-59-53-47-17-15-13-11-8-2)73-97-101(89,90)95-69-77(84)70-96-102(91,92)98-74-79(72-94-81(86)66-60-54-48-42-37-32-29-28-31-36-41-46-52-58-64-76(6)9-3)100-83(88)68-62-56-50-44-39-34-27-24-22-21-23-26-30-35-40-45-51-57-63-75(4)5/h18-20,25,75-79,84H,7-17,21-24,26-74H2,1-6H3,(H,89,90)(H,91,92)/b19-18-,25-20-/t76?,77-,78+,79+/m0/s1. The van der Waals surface area contributed by atoms with E-state index in [1.807, 2.05) is 0 Å². The van der Waals surface area contributed by atoms with Crippen molar-refractivity contribution in [3.05, 3.63) is 24.3 Å². The molecule has 0 aromatic rings. The predicted octanol–water partition coefficient (Wildman–Crippen LogP) is 24.6. The van der Waals surface area contributed by atoms with E-state index in [4.69, 9.17) is 37.0 Å². The Kier molecular flexibility index (Phi) is 72.2. The number of hydrogen-bond acceptors (Lipinski definition) is 15. The van der Waals surface area contributed by atoms with Gasteiger partial charge in [0.2, 0.25) is 0 Å². The lowest BCUT2D eigenvalue weighted by Gasteiger charge is -2.21. The number of phosphoric ester groups is 2. The SMILES string of the molecule is CCCCCC/C=C\C=C/CCCCCCCC(=O)O[C@H](COC(=O)CCCCCCCCCC)COP(=O)(O)OC[C@H](O)COP(=O)(O)OC[C@@H](COC(=O)CCCCCCCCCCCCCCCCC(C)CC)OC(=O)CCCCCCCCCCCCCCCCCCCCC(C)C. The summed E-state index contributed by atoms with van der Waals surface area (Å²) in [6.07, 6.45) is 67.5. The van der Waals surface area contributed by atoms with Crippen LogP contribution >= 0.6 is 15.6 Å². The van der Waals surface area contributed by atoms with Crippen LogP contribution in [0.4, 0.5) is 0 Å². The Balaban J connectivity index is 5.23. The third kappa shape index (κ3) is 74.4. The second-order valence-corrected chi connectivity index (χ2v) is 32.8. The number of rotatable bonds is 80. The van der Waals surface area contributed by atoms with Crippen molar-refractivity contribution in [2.45, 2.75) is 432 Å². The fourth-order valence-corrected chi connectivity index (χ4v) is 13.9. The number of aliphatic hydroxyl groups is 1. The van der Waals surface area contributed by atoms with E-state index in [0.29, 0.717) is 25.7 Å². The average molecular weight is 1490 g/mol. The number of ether oxygens (including phenoxy) is 4. The zero-order chi connectivity index (χ0) is 74.9.